The summed E-state index contributed by atoms with van der Waals surface area (Å²) in [5, 5.41) is 11.2. The maximum atomic E-state index is 12.8. The van der Waals surface area contributed by atoms with Gasteiger partial charge in [-0.05, 0) is 44.9 Å². The third-order valence-electron chi connectivity index (χ3n) is 6.06. The molecule has 0 aliphatic carbocycles. The molecule has 3 atom stereocenters. The predicted molar refractivity (Wildman–Crippen MR) is 119 cm³/mol. The molecule has 1 aliphatic rings. The van der Waals surface area contributed by atoms with Gasteiger partial charge >= 0.3 is 0 Å². The summed E-state index contributed by atoms with van der Waals surface area (Å²) < 4.78 is 0. The van der Waals surface area contributed by atoms with E-state index in [4.69, 9.17) is 0 Å². The number of ketones is 1. The smallest absolute Gasteiger partial charge is 0.208 e. The molecule has 7 heteroatoms. The SMILES string of the molecule is CC(CC(=O)c1nnc(N2C[C@@H](C)N(C)[C@@H](C)C2)s1)Cc1c[nH]c2ccccc12. The first-order valence-electron chi connectivity index (χ1n) is 10.3. The van der Waals surface area contributed by atoms with Gasteiger partial charge in [0.15, 0.2) is 10.8 Å². The van der Waals surface area contributed by atoms with E-state index >= 15 is 0 Å². The standard InChI is InChI=1S/C22H29N5OS/c1-14(9-17-11-23-19-8-6-5-7-18(17)19)10-20(28)21-24-25-22(29-21)27-12-15(2)26(4)16(3)13-27/h5-8,11,14-16,23H,9-10,12-13H2,1-4H3/t14?,15-,16+. The number of fused-ring (bicyclic) bond motifs is 1. The van der Waals surface area contributed by atoms with E-state index in [0.717, 1.165) is 30.2 Å². The minimum Gasteiger partial charge on any atom is -0.361 e. The predicted octanol–water partition coefficient (Wildman–Crippen LogP) is 4.00. The lowest BCUT2D eigenvalue weighted by Crippen LogP contribution is -2.55. The van der Waals surface area contributed by atoms with Crippen LogP contribution in [0.5, 0.6) is 0 Å². The maximum absolute atomic E-state index is 12.8. The number of likely N-dealkylation sites (N-methyl/N-ethyl adjacent to an activating group) is 1. The first-order valence-corrected chi connectivity index (χ1v) is 11.1. The molecule has 1 saturated heterocycles. The van der Waals surface area contributed by atoms with Gasteiger partial charge < -0.3 is 9.88 Å². The van der Waals surface area contributed by atoms with Crippen molar-refractivity contribution in [1.29, 1.82) is 0 Å². The first kappa shape index (κ1) is 20.0. The number of nitrogens with one attached hydrogen (secondary N) is 1. The topological polar surface area (TPSA) is 65.1 Å². The fourth-order valence-electron chi connectivity index (χ4n) is 4.17. The highest BCUT2D eigenvalue weighted by atomic mass is 32.1. The molecule has 4 rings (SSSR count). The normalized spacial score (nSPS) is 21.6. The number of aromatic nitrogens is 3. The average Bonchev–Trinajstić information content (AvgIpc) is 3.34. The Morgan fingerprint density at radius 1 is 1.24 bits per heavy atom. The number of hydrogen-bond donors (Lipinski definition) is 1. The summed E-state index contributed by atoms with van der Waals surface area (Å²) in [7, 11) is 2.16. The quantitative estimate of drug-likeness (QED) is 0.621. The Labute approximate surface area is 175 Å². The molecule has 1 aliphatic heterocycles. The number of H-pyrrole nitrogens is 1. The number of hydrogen-bond acceptors (Lipinski definition) is 6. The molecule has 1 unspecified atom stereocenters. The molecule has 1 aromatic carbocycles. The van der Waals surface area contributed by atoms with Crippen LogP contribution in [0.15, 0.2) is 30.5 Å². The molecule has 0 saturated carbocycles. The van der Waals surface area contributed by atoms with Crippen molar-refractivity contribution in [3.05, 3.63) is 41.0 Å². The van der Waals surface area contributed by atoms with E-state index < -0.39 is 0 Å². The lowest BCUT2D eigenvalue weighted by atomic mass is 9.96. The van der Waals surface area contributed by atoms with Crippen molar-refractivity contribution in [3.63, 3.8) is 0 Å². The molecule has 0 radical (unpaired) electrons. The molecular weight excluding hydrogens is 382 g/mol. The van der Waals surface area contributed by atoms with Crippen molar-refractivity contribution in [2.45, 2.75) is 45.7 Å². The number of Topliss-reactive ketones (excluding diaryl/α,β-unsaturated/α-hetero) is 1. The van der Waals surface area contributed by atoms with Crippen LogP contribution in [0.2, 0.25) is 0 Å². The van der Waals surface area contributed by atoms with Crippen LogP contribution in [-0.2, 0) is 6.42 Å². The number of aromatic amines is 1. The summed E-state index contributed by atoms with van der Waals surface area (Å²) in [6.07, 6.45) is 3.42. The second-order valence-corrected chi connectivity index (χ2v) is 9.41. The molecule has 29 heavy (non-hydrogen) atoms. The Kier molecular flexibility index (Phi) is 5.69. The minimum atomic E-state index is 0.0938. The number of benzene rings is 1. The molecule has 0 amide bonds. The van der Waals surface area contributed by atoms with Crippen LogP contribution in [0.4, 0.5) is 5.13 Å². The second kappa shape index (κ2) is 8.24. The summed E-state index contributed by atoms with van der Waals surface area (Å²) in [6, 6.07) is 9.21. The van der Waals surface area contributed by atoms with Crippen molar-refractivity contribution >= 4 is 33.2 Å². The molecule has 3 heterocycles. The molecular formula is C22H29N5OS. The number of piperazine rings is 1. The lowest BCUT2D eigenvalue weighted by Gasteiger charge is -2.42. The van der Waals surface area contributed by atoms with Crippen LogP contribution in [0, 0.1) is 5.92 Å². The summed E-state index contributed by atoms with van der Waals surface area (Å²) in [5.74, 6) is 0.342. The minimum absolute atomic E-state index is 0.0938. The van der Waals surface area contributed by atoms with Crippen LogP contribution in [0.25, 0.3) is 10.9 Å². The molecule has 2 aromatic heterocycles. The van der Waals surface area contributed by atoms with Gasteiger partial charge in [-0.3, -0.25) is 9.69 Å². The van der Waals surface area contributed by atoms with Gasteiger partial charge in [0, 0.05) is 48.7 Å². The zero-order valence-electron chi connectivity index (χ0n) is 17.6. The maximum Gasteiger partial charge on any atom is 0.208 e. The van der Waals surface area contributed by atoms with E-state index in [1.807, 2.05) is 6.07 Å². The first-order chi connectivity index (χ1) is 13.9. The van der Waals surface area contributed by atoms with Crippen LogP contribution < -0.4 is 4.90 Å². The fraction of sp³-hybridized carbons (Fsp3) is 0.500. The zero-order chi connectivity index (χ0) is 20.5. The van der Waals surface area contributed by atoms with Gasteiger partial charge in [0.25, 0.3) is 0 Å². The Morgan fingerprint density at radius 2 is 1.97 bits per heavy atom. The highest BCUT2D eigenvalue weighted by Crippen LogP contribution is 2.27. The zero-order valence-corrected chi connectivity index (χ0v) is 18.4. The number of para-hydroxylation sites is 1. The van der Waals surface area contributed by atoms with E-state index in [2.05, 4.69) is 77.2 Å². The fourth-order valence-corrected chi connectivity index (χ4v) is 4.98. The number of carbonyl (C=O) groups is 1. The van der Waals surface area contributed by atoms with Crippen molar-refractivity contribution in [1.82, 2.24) is 20.1 Å². The Balaban J connectivity index is 1.39. The summed E-state index contributed by atoms with van der Waals surface area (Å²) in [5.41, 5.74) is 2.41. The Bertz CT molecular complexity index is 984. The monoisotopic (exact) mass is 411 g/mol. The van der Waals surface area contributed by atoms with E-state index in [1.54, 1.807) is 0 Å². The molecule has 1 N–H and O–H groups in total. The van der Waals surface area contributed by atoms with E-state index in [1.165, 1.54) is 22.3 Å². The third-order valence-corrected chi connectivity index (χ3v) is 7.09. The highest BCUT2D eigenvalue weighted by Gasteiger charge is 2.29. The van der Waals surface area contributed by atoms with Gasteiger partial charge in [-0.25, -0.2) is 0 Å². The second-order valence-electron chi connectivity index (χ2n) is 8.45. The van der Waals surface area contributed by atoms with Gasteiger partial charge in [0.2, 0.25) is 5.13 Å². The molecule has 0 spiro atoms. The number of nitrogens with zero attached hydrogens (tertiary/aromatic N) is 4. The lowest BCUT2D eigenvalue weighted by molar-refractivity contribution is 0.0963. The summed E-state index contributed by atoms with van der Waals surface area (Å²) in [6.45, 7) is 8.41. The van der Waals surface area contributed by atoms with Crippen LogP contribution >= 0.6 is 11.3 Å². The Morgan fingerprint density at radius 3 is 2.72 bits per heavy atom. The van der Waals surface area contributed by atoms with Crippen molar-refractivity contribution in [2.75, 3.05) is 25.0 Å². The van der Waals surface area contributed by atoms with Crippen molar-refractivity contribution in [3.8, 4) is 0 Å². The summed E-state index contributed by atoms with van der Waals surface area (Å²) >= 11 is 1.43. The number of carbonyl (C=O) groups excluding carboxylic acids is 1. The average molecular weight is 412 g/mol. The molecule has 154 valence electrons. The van der Waals surface area contributed by atoms with E-state index in [0.29, 0.717) is 23.5 Å². The van der Waals surface area contributed by atoms with Gasteiger partial charge in [0.1, 0.15) is 0 Å². The van der Waals surface area contributed by atoms with Crippen molar-refractivity contribution < 1.29 is 4.79 Å². The third kappa shape index (κ3) is 4.21. The van der Waals surface area contributed by atoms with Gasteiger partial charge in [-0.2, -0.15) is 0 Å². The largest absolute Gasteiger partial charge is 0.361 e. The van der Waals surface area contributed by atoms with Crippen LogP contribution in [0.3, 0.4) is 0 Å². The number of rotatable bonds is 6. The molecule has 6 nitrogen and oxygen atoms in total. The van der Waals surface area contributed by atoms with Gasteiger partial charge in [-0.1, -0.05) is 36.5 Å². The molecule has 0 bridgehead atoms. The molecule has 1 fully saturated rings. The Hall–Kier alpha value is -2.25. The highest BCUT2D eigenvalue weighted by molar-refractivity contribution is 7.17. The van der Waals surface area contributed by atoms with Crippen molar-refractivity contribution in [2.24, 2.45) is 5.92 Å². The van der Waals surface area contributed by atoms with Crippen LogP contribution in [0.1, 0.15) is 42.6 Å². The van der Waals surface area contributed by atoms with Gasteiger partial charge in [-0.15, -0.1) is 10.2 Å². The summed E-state index contributed by atoms with van der Waals surface area (Å²) in [4.78, 5) is 20.8. The van der Waals surface area contributed by atoms with Crippen LogP contribution in [-0.4, -0.2) is 58.1 Å². The van der Waals surface area contributed by atoms with E-state index in [9.17, 15) is 4.79 Å². The van der Waals surface area contributed by atoms with E-state index in [-0.39, 0.29) is 11.7 Å². The van der Waals surface area contributed by atoms with Gasteiger partial charge in [0.05, 0.1) is 0 Å². The molecule has 3 aromatic rings. The number of anilines is 1.